The zero-order valence-corrected chi connectivity index (χ0v) is 8.18. The van der Waals surface area contributed by atoms with E-state index in [2.05, 4.69) is 5.32 Å². The molecule has 1 unspecified atom stereocenters. The predicted molar refractivity (Wildman–Crippen MR) is 48.8 cm³/mol. The zero-order valence-electron chi connectivity index (χ0n) is 7.36. The summed E-state index contributed by atoms with van der Waals surface area (Å²) in [5.74, 6) is 0.182. The first-order valence-electron chi connectivity index (χ1n) is 4.52. The lowest BCUT2D eigenvalue weighted by atomic mass is 10.0. The fourth-order valence-electron chi connectivity index (χ4n) is 1.49. The van der Waals surface area contributed by atoms with E-state index in [1.165, 1.54) is 0 Å². The Hall–Kier alpha value is 0.1000. The molecule has 13 heavy (non-hydrogen) atoms. The highest BCUT2D eigenvalue weighted by Gasteiger charge is 2.28. The van der Waals surface area contributed by atoms with Crippen molar-refractivity contribution in [3.05, 3.63) is 0 Å². The van der Waals surface area contributed by atoms with E-state index < -0.39 is 5.51 Å². The van der Waals surface area contributed by atoms with Crippen molar-refractivity contribution in [2.75, 3.05) is 12.3 Å². The summed E-state index contributed by atoms with van der Waals surface area (Å²) in [5, 5.41) is 3.22. The van der Waals surface area contributed by atoms with Crippen molar-refractivity contribution in [2.24, 2.45) is 0 Å². The molecular formula is C8H14F3NS. The van der Waals surface area contributed by atoms with Crippen LogP contribution in [-0.4, -0.2) is 23.8 Å². The first-order valence-corrected chi connectivity index (χ1v) is 5.50. The Labute approximate surface area is 80.5 Å². The molecular weight excluding hydrogens is 199 g/mol. The van der Waals surface area contributed by atoms with E-state index in [4.69, 9.17) is 0 Å². The second-order valence-electron chi connectivity index (χ2n) is 3.23. The van der Waals surface area contributed by atoms with Crippen LogP contribution >= 0.6 is 11.8 Å². The second kappa shape index (κ2) is 5.10. The molecule has 0 aromatic rings. The molecule has 0 aromatic carbocycles. The fourth-order valence-corrected chi connectivity index (χ4v) is 2.12. The van der Waals surface area contributed by atoms with Gasteiger partial charge in [0.15, 0.2) is 0 Å². The lowest BCUT2D eigenvalue weighted by Gasteiger charge is -2.23. The summed E-state index contributed by atoms with van der Waals surface area (Å²) in [4.78, 5) is 0. The van der Waals surface area contributed by atoms with Crippen molar-refractivity contribution in [1.29, 1.82) is 0 Å². The van der Waals surface area contributed by atoms with Gasteiger partial charge in [0.1, 0.15) is 0 Å². The van der Waals surface area contributed by atoms with Gasteiger partial charge in [-0.25, -0.2) is 0 Å². The van der Waals surface area contributed by atoms with Gasteiger partial charge in [0.2, 0.25) is 0 Å². The molecule has 1 heterocycles. The van der Waals surface area contributed by atoms with Crippen LogP contribution in [0.15, 0.2) is 0 Å². The molecule has 0 bridgehead atoms. The Morgan fingerprint density at radius 1 is 1.31 bits per heavy atom. The Bertz CT molecular complexity index is 143. The van der Waals surface area contributed by atoms with Gasteiger partial charge in [0.05, 0.1) is 0 Å². The van der Waals surface area contributed by atoms with Gasteiger partial charge in [-0.15, -0.1) is 0 Å². The molecule has 78 valence electrons. The SMILES string of the molecule is FC(F)(F)SCCC1CCCCN1. The van der Waals surface area contributed by atoms with Crippen LogP contribution in [0.4, 0.5) is 13.2 Å². The molecule has 5 heteroatoms. The number of alkyl halides is 3. The maximum atomic E-state index is 11.8. The number of rotatable bonds is 3. The zero-order chi connectivity index (χ0) is 9.73. The molecule has 1 nitrogen and oxygen atoms in total. The van der Waals surface area contributed by atoms with Crippen molar-refractivity contribution in [3.63, 3.8) is 0 Å². The quantitative estimate of drug-likeness (QED) is 0.773. The van der Waals surface area contributed by atoms with Crippen molar-refractivity contribution < 1.29 is 13.2 Å². The highest BCUT2D eigenvalue weighted by molar-refractivity contribution is 8.00. The van der Waals surface area contributed by atoms with Gasteiger partial charge in [-0.3, -0.25) is 0 Å². The van der Waals surface area contributed by atoms with Crippen molar-refractivity contribution in [1.82, 2.24) is 5.32 Å². The largest absolute Gasteiger partial charge is 0.441 e. The molecule has 1 fully saturated rings. The van der Waals surface area contributed by atoms with Crippen LogP contribution in [0, 0.1) is 0 Å². The molecule has 1 aliphatic heterocycles. The van der Waals surface area contributed by atoms with E-state index in [1.807, 2.05) is 0 Å². The van der Waals surface area contributed by atoms with Crippen LogP contribution in [0.1, 0.15) is 25.7 Å². The van der Waals surface area contributed by atoms with Gasteiger partial charge in [-0.2, -0.15) is 13.2 Å². The average molecular weight is 213 g/mol. The third-order valence-corrected chi connectivity index (χ3v) is 2.91. The highest BCUT2D eigenvalue weighted by Crippen LogP contribution is 2.31. The maximum Gasteiger partial charge on any atom is 0.441 e. The molecule has 0 radical (unpaired) electrons. The average Bonchev–Trinajstić information content (AvgIpc) is 2.04. The van der Waals surface area contributed by atoms with Crippen molar-refractivity contribution in [2.45, 2.75) is 37.2 Å². The fraction of sp³-hybridized carbons (Fsp3) is 1.00. The summed E-state index contributed by atoms with van der Waals surface area (Å²) in [7, 11) is 0. The lowest BCUT2D eigenvalue weighted by Crippen LogP contribution is -2.34. The molecule has 0 aliphatic carbocycles. The number of hydrogen-bond donors (Lipinski definition) is 1. The number of thioether (sulfide) groups is 1. The lowest BCUT2D eigenvalue weighted by molar-refractivity contribution is -0.0328. The Morgan fingerprint density at radius 2 is 2.08 bits per heavy atom. The molecule has 1 atom stereocenters. The first-order chi connectivity index (χ1) is 6.08. The van der Waals surface area contributed by atoms with Crippen molar-refractivity contribution in [3.8, 4) is 0 Å². The number of halogens is 3. The smallest absolute Gasteiger partial charge is 0.314 e. The Balaban J connectivity index is 2.04. The normalized spacial score (nSPS) is 24.7. The van der Waals surface area contributed by atoms with E-state index >= 15 is 0 Å². The van der Waals surface area contributed by atoms with Gasteiger partial charge in [0, 0.05) is 11.8 Å². The first kappa shape index (κ1) is 11.2. The minimum absolute atomic E-state index is 0.0872. The minimum atomic E-state index is -4.06. The summed E-state index contributed by atoms with van der Waals surface area (Å²) in [5.41, 5.74) is -4.06. The van der Waals surface area contributed by atoms with E-state index in [-0.39, 0.29) is 17.5 Å². The van der Waals surface area contributed by atoms with Gasteiger partial charge >= 0.3 is 5.51 Å². The third kappa shape index (κ3) is 5.41. The molecule has 1 saturated heterocycles. The van der Waals surface area contributed by atoms with E-state index in [0.29, 0.717) is 12.5 Å². The monoisotopic (exact) mass is 213 g/mol. The molecule has 0 amide bonds. The molecule has 1 aliphatic rings. The molecule has 0 aromatic heterocycles. The highest BCUT2D eigenvalue weighted by atomic mass is 32.2. The van der Waals surface area contributed by atoms with E-state index in [1.54, 1.807) is 0 Å². The maximum absolute atomic E-state index is 11.8. The van der Waals surface area contributed by atoms with E-state index in [9.17, 15) is 13.2 Å². The van der Waals surface area contributed by atoms with E-state index in [0.717, 1.165) is 25.8 Å². The topological polar surface area (TPSA) is 12.0 Å². The number of hydrogen-bond acceptors (Lipinski definition) is 2. The second-order valence-corrected chi connectivity index (χ2v) is 4.39. The Morgan fingerprint density at radius 3 is 2.62 bits per heavy atom. The molecule has 1 rings (SSSR count). The van der Waals surface area contributed by atoms with Crippen LogP contribution in [0.5, 0.6) is 0 Å². The van der Waals surface area contributed by atoms with Crippen molar-refractivity contribution >= 4 is 11.8 Å². The molecule has 0 spiro atoms. The predicted octanol–water partition coefficient (Wildman–Crippen LogP) is 2.77. The van der Waals surface area contributed by atoms with Crippen LogP contribution < -0.4 is 5.32 Å². The standard InChI is InChI=1S/C8H14F3NS/c9-8(10,11)13-6-4-7-3-1-2-5-12-7/h7,12H,1-6H2. The summed E-state index contributed by atoms with van der Waals surface area (Å²) in [6.45, 7) is 0.960. The minimum Gasteiger partial charge on any atom is -0.314 e. The summed E-state index contributed by atoms with van der Waals surface area (Å²) in [6.07, 6.45) is 3.96. The van der Waals surface area contributed by atoms with Gasteiger partial charge in [-0.05, 0) is 25.8 Å². The van der Waals surface area contributed by atoms with Gasteiger partial charge in [-0.1, -0.05) is 18.2 Å². The molecule has 0 saturated carbocycles. The third-order valence-electron chi connectivity index (χ3n) is 2.14. The summed E-state index contributed by atoms with van der Waals surface area (Å²) >= 11 is 0.0872. The van der Waals surface area contributed by atoms with Gasteiger partial charge < -0.3 is 5.32 Å². The van der Waals surface area contributed by atoms with Gasteiger partial charge in [0.25, 0.3) is 0 Å². The van der Waals surface area contributed by atoms with Crippen LogP contribution in [-0.2, 0) is 0 Å². The number of piperidine rings is 1. The van der Waals surface area contributed by atoms with Crippen LogP contribution in [0.3, 0.4) is 0 Å². The van der Waals surface area contributed by atoms with Crippen LogP contribution in [0.25, 0.3) is 0 Å². The molecule has 1 N–H and O–H groups in total. The Kier molecular flexibility index (Phi) is 4.38. The van der Waals surface area contributed by atoms with Crippen LogP contribution in [0.2, 0.25) is 0 Å². The number of nitrogens with one attached hydrogen (secondary N) is 1. The summed E-state index contributed by atoms with van der Waals surface area (Å²) in [6, 6.07) is 0.309. The summed E-state index contributed by atoms with van der Waals surface area (Å²) < 4.78 is 35.3.